The van der Waals surface area contributed by atoms with Crippen molar-refractivity contribution in [2.75, 3.05) is 20.2 Å². The molecule has 0 aromatic carbocycles. The summed E-state index contributed by atoms with van der Waals surface area (Å²) in [5.74, 6) is -0.706. The number of carbonyl (C=O) groups is 1. The van der Waals surface area contributed by atoms with Gasteiger partial charge in [-0.1, -0.05) is 12.8 Å². The van der Waals surface area contributed by atoms with Crippen molar-refractivity contribution in [3.05, 3.63) is 0 Å². The Morgan fingerprint density at radius 1 is 1.44 bits per heavy atom. The average Bonchev–Trinajstić information content (AvgIpc) is 2.83. The largest absolute Gasteiger partial charge is 0.481 e. The molecule has 2 aliphatic carbocycles. The van der Waals surface area contributed by atoms with Crippen LogP contribution >= 0.6 is 0 Å². The van der Waals surface area contributed by atoms with E-state index in [1.54, 1.807) is 0 Å². The van der Waals surface area contributed by atoms with Gasteiger partial charge >= 0.3 is 5.97 Å². The Morgan fingerprint density at radius 3 is 2.67 bits per heavy atom. The van der Waals surface area contributed by atoms with E-state index < -0.39 is 5.97 Å². The highest BCUT2D eigenvalue weighted by Gasteiger charge is 2.57. The Bertz CT molecular complexity index is 299. The molecule has 2 rings (SSSR count). The Balaban J connectivity index is 1.94. The van der Waals surface area contributed by atoms with Crippen LogP contribution < -0.4 is 0 Å². The van der Waals surface area contributed by atoms with Crippen LogP contribution in [0.1, 0.15) is 45.4 Å². The van der Waals surface area contributed by atoms with Crippen LogP contribution in [0.4, 0.5) is 0 Å². The number of carboxylic acid groups (broad SMARTS) is 1. The van der Waals surface area contributed by atoms with Crippen molar-refractivity contribution in [3.63, 3.8) is 0 Å². The maximum Gasteiger partial charge on any atom is 0.304 e. The van der Waals surface area contributed by atoms with Crippen LogP contribution in [-0.4, -0.2) is 48.3 Å². The van der Waals surface area contributed by atoms with E-state index in [2.05, 4.69) is 18.9 Å². The standard InChI is InChI=1S/C14H25NO3/c1-3-18-12-10-11(14(12)7-4-5-8-14)15(2)9-6-13(16)17/h11-12H,3-10H2,1-2H3,(H,16,17). The molecule has 18 heavy (non-hydrogen) atoms. The molecule has 2 unspecified atom stereocenters. The van der Waals surface area contributed by atoms with Crippen molar-refractivity contribution in [1.82, 2.24) is 4.90 Å². The Kier molecular flexibility index (Phi) is 4.28. The van der Waals surface area contributed by atoms with Gasteiger partial charge in [0, 0.05) is 24.6 Å². The summed E-state index contributed by atoms with van der Waals surface area (Å²) in [5.41, 5.74) is 0.323. The van der Waals surface area contributed by atoms with Gasteiger partial charge in [-0.05, 0) is 33.2 Å². The molecular weight excluding hydrogens is 230 g/mol. The molecule has 4 heteroatoms. The highest BCUT2D eigenvalue weighted by molar-refractivity contribution is 5.66. The van der Waals surface area contributed by atoms with E-state index in [0.717, 1.165) is 13.0 Å². The molecule has 0 saturated heterocycles. The summed E-state index contributed by atoms with van der Waals surface area (Å²) in [4.78, 5) is 12.9. The van der Waals surface area contributed by atoms with E-state index in [0.29, 0.717) is 24.1 Å². The van der Waals surface area contributed by atoms with Crippen LogP contribution in [0.25, 0.3) is 0 Å². The molecule has 4 nitrogen and oxygen atoms in total. The van der Waals surface area contributed by atoms with Gasteiger partial charge in [0.25, 0.3) is 0 Å². The lowest BCUT2D eigenvalue weighted by Gasteiger charge is -2.57. The molecule has 0 aromatic heterocycles. The third kappa shape index (κ3) is 2.41. The van der Waals surface area contributed by atoms with Gasteiger partial charge in [-0.2, -0.15) is 0 Å². The van der Waals surface area contributed by atoms with E-state index in [-0.39, 0.29) is 6.42 Å². The van der Waals surface area contributed by atoms with Gasteiger partial charge in [0.1, 0.15) is 0 Å². The normalized spacial score (nSPS) is 29.7. The van der Waals surface area contributed by atoms with Gasteiger partial charge in [0.2, 0.25) is 0 Å². The number of nitrogens with zero attached hydrogens (tertiary/aromatic N) is 1. The third-order valence-electron chi connectivity index (χ3n) is 4.85. The molecule has 0 aromatic rings. The van der Waals surface area contributed by atoms with Gasteiger partial charge in [0.15, 0.2) is 0 Å². The van der Waals surface area contributed by atoms with Crippen molar-refractivity contribution < 1.29 is 14.6 Å². The molecule has 2 saturated carbocycles. The van der Waals surface area contributed by atoms with E-state index in [1.165, 1.54) is 25.7 Å². The summed E-state index contributed by atoms with van der Waals surface area (Å²) in [6.07, 6.45) is 6.81. The third-order valence-corrected chi connectivity index (χ3v) is 4.85. The molecule has 0 heterocycles. The van der Waals surface area contributed by atoms with Crippen molar-refractivity contribution in [1.29, 1.82) is 0 Å². The topological polar surface area (TPSA) is 49.8 Å². The highest BCUT2D eigenvalue weighted by Crippen LogP contribution is 2.56. The second-order valence-electron chi connectivity index (χ2n) is 5.76. The summed E-state index contributed by atoms with van der Waals surface area (Å²) in [5, 5.41) is 8.78. The summed E-state index contributed by atoms with van der Waals surface area (Å²) in [6, 6.07) is 0.524. The Morgan fingerprint density at radius 2 is 2.11 bits per heavy atom. The minimum absolute atomic E-state index is 0.238. The zero-order valence-electron chi connectivity index (χ0n) is 11.5. The zero-order chi connectivity index (χ0) is 13.2. The number of carboxylic acids is 1. The smallest absolute Gasteiger partial charge is 0.304 e. The zero-order valence-corrected chi connectivity index (χ0v) is 11.5. The number of hydrogen-bond acceptors (Lipinski definition) is 3. The Hall–Kier alpha value is -0.610. The first-order valence-electron chi connectivity index (χ1n) is 7.14. The average molecular weight is 255 g/mol. The summed E-state index contributed by atoms with van der Waals surface area (Å²) >= 11 is 0. The van der Waals surface area contributed by atoms with E-state index in [4.69, 9.17) is 9.84 Å². The Labute approximate surface area is 109 Å². The first kappa shape index (κ1) is 13.8. The summed E-state index contributed by atoms with van der Waals surface area (Å²) < 4.78 is 5.88. The van der Waals surface area contributed by atoms with Gasteiger partial charge in [-0.15, -0.1) is 0 Å². The predicted octanol–water partition coefficient (Wildman–Crippen LogP) is 2.13. The molecule has 1 N–H and O–H groups in total. The second kappa shape index (κ2) is 5.57. The number of hydrogen-bond donors (Lipinski definition) is 1. The molecule has 0 amide bonds. The fourth-order valence-electron chi connectivity index (χ4n) is 3.90. The van der Waals surface area contributed by atoms with Gasteiger partial charge in [-0.3, -0.25) is 4.79 Å². The first-order valence-corrected chi connectivity index (χ1v) is 7.14. The first-order chi connectivity index (χ1) is 8.60. The van der Waals surface area contributed by atoms with Gasteiger partial charge in [0.05, 0.1) is 12.5 Å². The molecule has 2 fully saturated rings. The lowest BCUT2D eigenvalue weighted by Crippen LogP contribution is -2.63. The van der Waals surface area contributed by atoms with Crippen molar-refractivity contribution >= 4 is 5.97 Å². The molecular formula is C14H25NO3. The van der Waals surface area contributed by atoms with E-state index in [9.17, 15) is 4.79 Å². The van der Waals surface area contributed by atoms with Crippen molar-refractivity contribution in [3.8, 4) is 0 Å². The fraction of sp³-hybridized carbons (Fsp3) is 0.929. The van der Waals surface area contributed by atoms with Crippen LogP contribution in [0.15, 0.2) is 0 Å². The molecule has 2 aliphatic rings. The molecule has 1 spiro atoms. The lowest BCUT2D eigenvalue weighted by atomic mass is 9.60. The molecule has 0 bridgehead atoms. The molecule has 0 radical (unpaired) electrons. The minimum atomic E-state index is -0.706. The quantitative estimate of drug-likeness (QED) is 0.790. The van der Waals surface area contributed by atoms with Crippen LogP contribution in [0.3, 0.4) is 0 Å². The maximum absolute atomic E-state index is 10.7. The maximum atomic E-state index is 10.7. The monoisotopic (exact) mass is 255 g/mol. The second-order valence-corrected chi connectivity index (χ2v) is 5.76. The fourth-order valence-corrected chi connectivity index (χ4v) is 3.90. The number of rotatable bonds is 6. The predicted molar refractivity (Wildman–Crippen MR) is 69.6 cm³/mol. The molecule has 0 aliphatic heterocycles. The van der Waals surface area contributed by atoms with E-state index >= 15 is 0 Å². The molecule has 104 valence electrons. The summed E-state index contributed by atoms with van der Waals surface area (Å²) in [6.45, 7) is 3.50. The number of ether oxygens (including phenoxy) is 1. The SMILES string of the molecule is CCOC1CC(N(C)CCC(=O)O)C12CCCC2. The van der Waals surface area contributed by atoms with Gasteiger partial charge in [-0.25, -0.2) is 0 Å². The molecule has 2 atom stereocenters. The van der Waals surface area contributed by atoms with Crippen molar-refractivity contribution in [2.45, 2.75) is 57.6 Å². The number of aliphatic carboxylic acids is 1. The van der Waals surface area contributed by atoms with Crippen LogP contribution in [0, 0.1) is 5.41 Å². The minimum Gasteiger partial charge on any atom is -0.481 e. The summed E-state index contributed by atoms with van der Waals surface area (Å²) in [7, 11) is 2.07. The van der Waals surface area contributed by atoms with Gasteiger partial charge < -0.3 is 14.7 Å². The lowest BCUT2D eigenvalue weighted by molar-refractivity contribution is -0.162. The van der Waals surface area contributed by atoms with Crippen LogP contribution in [-0.2, 0) is 9.53 Å². The van der Waals surface area contributed by atoms with E-state index in [1.807, 2.05) is 0 Å². The van der Waals surface area contributed by atoms with Crippen molar-refractivity contribution in [2.24, 2.45) is 5.41 Å². The van der Waals surface area contributed by atoms with Crippen LogP contribution in [0.5, 0.6) is 0 Å². The highest BCUT2D eigenvalue weighted by atomic mass is 16.5. The van der Waals surface area contributed by atoms with Crippen LogP contribution in [0.2, 0.25) is 0 Å².